The number of aromatic nitrogens is 3. The first-order valence-corrected chi connectivity index (χ1v) is 9.70. The molecule has 6 heteroatoms. The number of aryl methyl sites for hydroxylation is 1. The zero-order valence-electron chi connectivity index (χ0n) is 16.4. The van der Waals surface area contributed by atoms with Crippen LogP contribution in [0.2, 0.25) is 0 Å². The predicted octanol–water partition coefficient (Wildman–Crippen LogP) is 3.10. The Labute approximate surface area is 160 Å². The van der Waals surface area contributed by atoms with E-state index in [1.807, 2.05) is 18.2 Å². The third-order valence-electron chi connectivity index (χ3n) is 5.12. The van der Waals surface area contributed by atoms with Crippen molar-refractivity contribution in [1.82, 2.24) is 19.9 Å². The minimum atomic E-state index is -0.131. The Morgan fingerprint density at radius 2 is 2.04 bits per heavy atom. The molecule has 1 fully saturated rings. The lowest BCUT2D eigenvalue weighted by atomic mass is 9.89. The molecule has 3 rings (SSSR count). The summed E-state index contributed by atoms with van der Waals surface area (Å²) in [5.74, 6) is 0.441. The van der Waals surface area contributed by atoms with Crippen LogP contribution in [0.1, 0.15) is 54.7 Å². The minimum absolute atomic E-state index is 0.0490. The lowest BCUT2D eigenvalue weighted by Crippen LogP contribution is -2.42. The normalized spacial score (nSPS) is 17.3. The highest BCUT2D eigenvalue weighted by molar-refractivity contribution is 5.92. The van der Waals surface area contributed by atoms with Gasteiger partial charge in [-0.2, -0.15) is 0 Å². The van der Waals surface area contributed by atoms with Crippen molar-refractivity contribution in [3.05, 3.63) is 47.3 Å². The van der Waals surface area contributed by atoms with Gasteiger partial charge in [-0.3, -0.25) is 9.59 Å². The number of hydrogen-bond acceptors (Lipinski definition) is 4. The van der Waals surface area contributed by atoms with E-state index in [4.69, 9.17) is 0 Å². The number of benzene rings is 1. The highest BCUT2D eigenvalue weighted by Crippen LogP contribution is 2.21. The van der Waals surface area contributed by atoms with Crippen LogP contribution in [0.25, 0.3) is 0 Å². The average molecular weight is 368 g/mol. The summed E-state index contributed by atoms with van der Waals surface area (Å²) < 4.78 is 1.70. The summed E-state index contributed by atoms with van der Waals surface area (Å²) in [6, 6.07) is 8.10. The summed E-state index contributed by atoms with van der Waals surface area (Å²) >= 11 is 0. The number of hydrogen-bond donors (Lipinski definition) is 0. The van der Waals surface area contributed by atoms with Crippen molar-refractivity contribution in [3.63, 3.8) is 0 Å². The van der Waals surface area contributed by atoms with Crippen LogP contribution in [0.5, 0.6) is 0 Å². The summed E-state index contributed by atoms with van der Waals surface area (Å²) in [5.41, 5.74) is 2.68. The molecule has 1 amide bonds. The van der Waals surface area contributed by atoms with Crippen LogP contribution >= 0.6 is 0 Å². The van der Waals surface area contributed by atoms with E-state index < -0.39 is 0 Å². The number of amides is 1. The average Bonchev–Trinajstić information content (AvgIpc) is 3.11. The van der Waals surface area contributed by atoms with Gasteiger partial charge < -0.3 is 4.90 Å². The fraction of sp³-hybridized carbons (Fsp3) is 0.524. The minimum Gasteiger partial charge on any atom is -0.336 e. The maximum atomic E-state index is 12.8. The van der Waals surface area contributed by atoms with Crippen LogP contribution in [0.4, 0.5) is 0 Å². The quantitative estimate of drug-likeness (QED) is 0.786. The van der Waals surface area contributed by atoms with Crippen molar-refractivity contribution in [3.8, 4) is 0 Å². The number of ketones is 1. The van der Waals surface area contributed by atoms with Crippen LogP contribution in [0.15, 0.2) is 30.5 Å². The Bertz CT molecular complexity index is 812. The van der Waals surface area contributed by atoms with Gasteiger partial charge in [0.1, 0.15) is 5.78 Å². The van der Waals surface area contributed by atoms with Crippen molar-refractivity contribution >= 4 is 11.7 Å². The highest BCUT2D eigenvalue weighted by atomic mass is 16.2. The molecule has 0 saturated carbocycles. The molecular formula is C21H28N4O2. The second-order valence-electron chi connectivity index (χ2n) is 7.88. The molecule has 144 valence electrons. The van der Waals surface area contributed by atoms with Gasteiger partial charge in [-0.1, -0.05) is 43.3 Å². The fourth-order valence-electron chi connectivity index (χ4n) is 3.59. The SMILES string of the molecule is Cc1ccccc1Cn1cc(C(=O)N2CCC[C@@H](C(=O)CC(C)C)C2)nn1. The van der Waals surface area contributed by atoms with E-state index in [0.717, 1.165) is 18.4 Å². The van der Waals surface area contributed by atoms with Crippen LogP contribution in [-0.4, -0.2) is 44.7 Å². The van der Waals surface area contributed by atoms with E-state index >= 15 is 0 Å². The molecule has 1 saturated heterocycles. The lowest BCUT2D eigenvalue weighted by molar-refractivity contribution is -0.124. The smallest absolute Gasteiger partial charge is 0.276 e. The van der Waals surface area contributed by atoms with E-state index in [0.29, 0.717) is 37.7 Å². The number of carbonyl (C=O) groups excluding carboxylic acids is 2. The predicted molar refractivity (Wildman–Crippen MR) is 103 cm³/mol. The van der Waals surface area contributed by atoms with Crippen LogP contribution in [-0.2, 0) is 11.3 Å². The van der Waals surface area contributed by atoms with E-state index in [1.54, 1.807) is 15.8 Å². The summed E-state index contributed by atoms with van der Waals surface area (Å²) in [7, 11) is 0. The number of nitrogens with zero attached hydrogens (tertiary/aromatic N) is 4. The zero-order chi connectivity index (χ0) is 19.4. The van der Waals surface area contributed by atoms with Crippen LogP contribution < -0.4 is 0 Å². The van der Waals surface area contributed by atoms with Crippen molar-refractivity contribution in [2.45, 2.75) is 46.6 Å². The highest BCUT2D eigenvalue weighted by Gasteiger charge is 2.30. The van der Waals surface area contributed by atoms with E-state index in [9.17, 15) is 9.59 Å². The molecule has 1 atom stereocenters. The van der Waals surface area contributed by atoms with E-state index in [1.165, 1.54) is 5.56 Å². The molecule has 1 aliphatic rings. The summed E-state index contributed by atoms with van der Waals surface area (Å²) in [6.45, 7) is 7.92. The molecule has 0 bridgehead atoms. The first-order chi connectivity index (χ1) is 12.9. The van der Waals surface area contributed by atoms with E-state index in [2.05, 4.69) is 37.1 Å². The molecule has 0 radical (unpaired) electrons. The second kappa shape index (κ2) is 8.46. The number of likely N-dealkylation sites (tertiary alicyclic amines) is 1. The molecule has 1 aromatic carbocycles. The first-order valence-electron chi connectivity index (χ1n) is 9.70. The zero-order valence-corrected chi connectivity index (χ0v) is 16.4. The first kappa shape index (κ1) is 19.3. The van der Waals surface area contributed by atoms with Gasteiger partial charge in [0.05, 0.1) is 12.7 Å². The third kappa shape index (κ3) is 4.81. The topological polar surface area (TPSA) is 68.1 Å². The number of piperidine rings is 1. The maximum Gasteiger partial charge on any atom is 0.276 e. The molecular weight excluding hydrogens is 340 g/mol. The molecule has 2 heterocycles. The van der Waals surface area contributed by atoms with Crippen molar-refractivity contribution < 1.29 is 9.59 Å². The van der Waals surface area contributed by atoms with Gasteiger partial charge in [-0.25, -0.2) is 4.68 Å². The standard InChI is InChI=1S/C21H28N4O2/c1-15(2)11-20(26)18-9-6-10-24(12-18)21(27)19-14-25(23-22-19)13-17-8-5-4-7-16(17)3/h4-5,7-8,14-15,18H,6,9-13H2,1-3H3/t18-/m1/s1. The Hall–Kier alpha value is -2.50. The van der Waals surface area contributed by atoms with Gasteiger partial charge in [-0.05, 0) is 36.8 Å². The van der Waals surface area contributed by atoms with Crippen molar-refractivity contribution in [2.75, 3.05) is 13.1 Å². The summed E-state index contributed by atoms with van der Waals surface area (Å²) in [6.07, 6.45) is 4.01. The Morgan fingerprint density at radius 1 is 1.26 bits per heavy atom. The number of rotatable bonds is 6. The molecule has 0 aliphatic carbocycles. The van der Waals surface area contributed by atoms with Crippen molar-refractivity contribution in [2.24, 2.45) is 11.8 Å². The second-order valence-corrected chi connectivity index (χ2v) is 7.88. The summed E-state index contributed by atoms with van der Waals surface area (Å²) in [5, 5.41) is 8.19. The number of Topliss-reactive ketones (excluding diaryl/α,β-unsaturated/α-hetero) is 1. The Morgan fingerprint density at radius 3 is 2.78 bits per heavy atom. The maximum absolute atomic E-state index is 12.8. The summed E-state index contributed by atoms with van der Waals surface area (Å²) in [4.78, 5) is 27.0. The van der Waals surface area contributed by atoms with Gasteiger partial charge in [0.15, 0.2) is 5.69 Å². The largest absolute Gasteiger partial charge is 0.336 e. The van der Waals surface area contributed by atoms with Crippen LogP contribution in [0, 0.1) is 18.8 Å². The molecule has 6 nitrogen and oxygen atoms in total. The molecule has 1 aliphatic heterocycles. The third-order valence-corrected chi connectivity index (χ3v) is 5.12. The molecule has 2 aromatic rings. The van der Waals surface area contributed by atoms with Gasteiger partial charge in [0.25, 0.3) is 5.91 Å². The number of carbonyl (C=O) groups is 2. The van der Waals surface area contributed by atoms with Gasteiger partial charge in [0, 0.05) is 25.4 Å². The molecule has 0 N–H and O–H groups in total. The lowest BCUT2D eigenvalue weighted by Gasteiger charge is -2.31. The van der Waals surface area contributed by atoms with E-state index in [-0.39, 0.29) is 17.6 Å². The molecule has 1 aromatic heterocycles. The fourth-order valence-corrected chi connectivity index (χ4v) is 3.59. The van der Waals surface area contributed by atoms with Crippen molar-refractivity contribution in [1.29, 1.82) is 0 Å². The van der Waals surface area contributed by atoms with Crippen LogP contribution in [0.3, 0.4) is 0 Å². The Kier molecular flexibility index (Phi) is 6.04. The van der Waals surface area contributed by atoms with Gasteiger partial charge >= 0.3 is 0 Å². The molecule has 0 spiro atoms. The molecule has 27 heavy (non-hydrogen) atoms. The Balaban J connectivity index is 1.65. The molecule has 0 unspecified atom stereocenters. The van der Waals surface area contributed by atoms with Gasteiger partial charge in [0.2, 0.25) is 0 Å². The monoisotopic (exact) mass is 368 g/mol. The van der Waals surface area contributed by atoms with Gasteiger partial charge in [-0.15, -0.1) is 5.10 Å².